The summed E-state index contributed by atoms with van der Waals surface area (Å²) in [4.78, 5) is 13.0. The minimum absolute atomic E-state index is 0.114. The van der Waals surface area contributed by atoms with Gasteiger partial charge in [0.1, 0.15) is 5.69 Å². The topological polar surface area (TPSA) is 34.0 Å². The minimum atomic E-state index is -0.114. The van der Waals surface area contributed by atoms with E-state index in [1.54, 1.807) is 11.3 Å². The number of nitrogens with one attached hydrogen (secondary N) is 1. The Labute approximate surface area is 167 Å². The lowest BCUT2D eigenvalue weighted by molar-refractivity contribution is 0.101. The lowest BCUT2D eigenvalue weighted by Gasteiger charge is -2.13. The standard InChI is InChI=1S/C22H19ClN2OS/c1-15-17(23)8-5-9-18(15)24-22(26)20-14-21-19(11-13-27-21)25(20)12-10-16-6-3-2-4-7-16/h2-9,11,13-14H,10,12H2,1H3,(H,24,26). The molecule has 2 heterocycles. The van der Waals surface area contributed by atoms with Crippen molar-refractivity contribution in [3.63, 3.8) is 0 Å². The molecule has 1 N–H and O–H groups in total. The molecule has 2 aromatic carbocycles. The second-order valence-electron chi connectivity index (χ2n) is 6.45. The second kappa shape index (κ2) is 7.59. The van der Waals surface area contributed by atoms with Crippen molar-refractivity contribution in [3.8, 4) is 0 Å². The molecule has 0 fully saturated rings. The third kappa shape index (κ3) is 3.64. The number of carbonyl (C=O) groups excluding carboxylic acids is 1. The molecule has 0 radical (unpaired) electrons. The number of aryl methyl sites for hydroxylation is 2. The fraction of sp³-hybridized carbons (Fsp3) is 0.136. The summed E-state index contributed by atoms with van der Waals surface area (Å²) >= 11 is 7.84. The van der Waals surface area contributed by atoms with Gasteiger partial charge in [0.25, 0.3) is 5.91 Å². The van der Waals surface area contributed by atoms with E-state index >= 15 is 0 Å². The zero-order chi connectivity index (χ0) is 18.8. The van der Waals surface area contributed by atoms with Crippen LogP contribution in [0.2, 0.25) is 5.02 Å². The van der Waals surface area contributed by atoms with Crippen LogP contribution in [0.25, 0.3) is 10.2 Å². The van der Waals surface area contributed by atoms with Crippen molar-refractivity contribution in [2.45, 2.75) is 19.9 Å². The van der Waals surface area contributed by atoms with Crippen LogP contribution < -0.4 is 5.32 Å². The Morgan fingerprint density at radius 2 is 1.93 bits per heavy atom. The third-order valence-electron chi connectivity index (χ3n) is 4.74. The first-order chi connectivity index (χ1) is 13.1. The number of hydrogen-bond acceptors (Lipinski definition) is 2. The first kappa shape index (κ1) is 17.8. The van der Waals surface area contributed by atoms with Crippen LogP contribution in [0.15, 0.2) is 66.0 Å². The van der Waals surface area contributed by atoms with Crippen molar-refractivity contribution in [3.05, 3.63) is 87.9 Å². The fourth-order valence-corrected chi connectivity index (χ4v) is 4.22. The largest absolute Gasteiger partial charge is 0.335 e. The summed E-state index contributed by atoms with van der Waals surface area (Å²) in [7, 11) is 0. The number of thiophene rings is 1. The number of aromatic nitrogens is 1. The predicted molar refractivity (Wildman–Crippen MR) is 114 cm³/mol. The molecule has 0 aliphatic rings. The molecular formula is C22H19ClN2OS. The van der Waals surface area contributed by atoms with Crippen molar-refractivity contribution < 1.29 is 4.79 Å². The first-order valence-electron chi connectivity index (χ1n) is 8.80. The summed E-state index contributed by atoms with van der Waals surface area (Å²) < 4.78 is 3.23. The Morgan fingerprint density at radius 3 is 2.74 bits per heavy atom. The van der Waals surface area contributed by atoms with Crippen LogP contribution in [0.5, 0.6) is 0 Å². The quantitative estimate of drug-likeness (QED) is 0.432. The second-order valence-corrected chi connectivity index (χ2v) is 7.81. The number of rotatable bonds is 5. The van der Waals surface area contributed by atoms with E-state index in [2.05, 4.69) is 33.5 Å². The van der Waals surface area contributed by atoms with E-state index in [0.29, 0.717) is 10.7 Å². The summed E-state index contributed by atoms with van der Waals surface area (Å²) in [6.45, 7) is 2.66. The smallest absolute Gasteiger partial charge is 0.272 e. The van der Waals surface area contributed by atoms with E-state index in [-0.39, 0.29) is 5.91 Å². The highest BCUT2D eigenvalue weighted by Gasteiger charge is 2.17. The highest BCUT2D eigenvalue weighted by Crippen LogP contribution is 2.28. The molecule has 5 heteroatoms. The SMILES string of the molecule is Cc1c(Cl)cccc1NC(=O)c1cc2sccc2n1CCc1ccccc1. The van der Waals surface area contributed by atoms with E-state index < -0.39 is 0 Å². The Balaban J connectivity index is 1.63. The zero-order valence-corrected chi connectivity index (χ0v) is 16.5. The Bertz CT molecular complexity index is 1100. The highest BCUT2D eigenvalue weighted by molar-refractivity contribution is 7.17. The maximum absolute atomic E-state index is 13.0. The lowest BCUT2D eigenvalue weighted by atomic mass is 10.1. The van der Waals surface area contributed by atoms with Crippen molar-refractivity contribution >= 4 is 44.7 Å². The van der Waals surface area contributed by atoms with Gasteiger partial charge in [-0.1, -0.05) is 48.0 Å². The van der Waals surface area contributed by atoms with Gasteiger partial charge in [-0.3, -0.25) is 4.79 Å². The van der Waals surface area contributed by atoms with Crippen LogP contribution in [0, 0.1) is 6.92 Å². The van der Waals surface area contributed by atoms with Gasteiger partial charge in [0.2, 0.25) is 0 Å². The average molecular weight is 395 g/mol. The maximum atomic E-state index is 13.0. The summed E-state index contributed by atoms with van der Waals surface area (Å²) in [6, 6.07) is 19.9. The number of nitrogens with zero attached hydrogens (tertiary/aromatic N) is 1. The molecule has 4 aromatic rings. The van der Waals surface area contributed by atoms with Gasteiger partial charge in [0.15, 0.2) is 0 Å². The van der Waals surface area contributed by atoms with E-state index in [1.807, 2.05) is 49.4 Å². The molecule has 1 amide bonds. The summed E-state index contributed by atoms with van der Waals surface area (Å²) in [5.41, 5.74) is 4.64. The van der Waals surface area contributed by atoms with E-state index in [0.717, 1.165) is 34.4 Å². The number of benzene rings is 2. The molecule has 27 heavy (non-hydrogen) atoms. The predicted octanol–water partition coefficient (Wildman–Crippen LogP) is 6.16. The van der Waals surface area contributed by atoms with Crippen molar-refractivity contribution in [1.29, 1.82) is 0 Å². The van der Waals surface area contributed by atoms with E-state index in [9.17, 15) is 4.79 Å². The van der Waals surface area contributed by atoms with Crippen molar-refractivity contribution in [1.82, 2.24) is 4.57 Å². The van der Waals surface area contributed by atoms with Gasteiger partial charge in [-0.25, -0.2) is 0 Å². The summed E-state index contributed by atoms with van der Waals surface area (Å²) in [6.07, 6.45) is 0.872. The van der Waals surface area contributed by atoms with Crippen LogP contribution in [0.3, 0.4) is 0 Å². The van der Waals surface area contributed by atoms with E-state index in [1.165, 1.54) is 5.56 Å². The number of carbonyl (C=O) groups is 1. The molecule has 4 rings (SSSR count). The number of fused-ring (bicyclic) bond motifs is 1. The molecule has 0 aliphatic carbocycles. The number of hydrogen-bond donors (Lipinski definition) is 1. The minimum Gasteiger partial charge on any atom is -0.335 e. The normalized spacial score (nSPS) is 11.0. The van der Waals surface area contributed by atoms with Crippen LogP contribution >= 0.6 is 22.9 Å². The van der Waals surface area contributed by atoms with Crippen LogP contribution in [0.1, 0.15) is 21.6 Å². The van der Waals surface area contributed by atoms with Crippen molar-refractivity contribution in [2.24, 2.45) is 0 Å². The third-order valence-corrected chi connectivity index (χ3v) is 6.00. The number of anilines is 1. The lowest BCUT2D eigenvalue weighted by Crippen LogP contribution is -2.18. The first-order valence-corrected chi connectivity index (χ1v) is 10.1. The number of halogens is 1. The molecule has 0 bridgehead atoms. The molecular weight excluding hydrogens is 376 g/mol. The monoisotopic (exact) mass is 394 g/mol. The van der Waals surface area contributed by atoms with Crippen LogP contribution in [0.4, 0.5) is 5.69 Å². The van der Waals surface area contributed by atoms with Gasteiger partial charge in [0.05, 0.1) is 10.2 Å². The molecule has 3 nitrogen and oxygen atoms in total. The van der Waals surface area contributed by atoms with Gasteiger partial charge in [-0.2, -0.15) is 0 Å². The van der Waals surface area contributed by atoms with Gasteiger partial charge in [0, 0.05) is 17.3 Å². The fourth-order valence-electron chi connectivity index (χ4n) is 3.22. The number of amides is 1. The van der Waals surface area contributed by atoms with Gasteiger partial charge in [-0.05, 0) is 54.1 Å². The summed E-state index contributed by atoms with van der Waals surface area (Å²) in [5.74, 6) is -0.114. The van der Waals surface area contributed by atoms with E-state index in [4.69, 9.17) is 11.6 Å². The molecule has 0 saturated carbocycles. The van der Waals surface area contributed by atoms with Crippen LogP contribution in [-0.2, 0) is 13.0 Å². The maximum Gasteiger partial charge on any atom is 0.272 e. The van der Waals surface area contributed by atoms with Gasteiger partial charge in [-0.15, -0.1) is 11.3 Å². The molecule has 0 unspecified atom stereocenters. The Hall–Kier alpha value is -2.56. The molecule has 136 valence electrons. The molecule has 0 spiro atoms. The Morgan fingerprint density at radius 1 is 1.11 bits per heavy atom. The average Bonchev–Trinajstić information content (AvgIpc) is 3.26. The van der Waals surface area contributed by atoms with Gasteiger partial charge >= 0.3 is 0 Å². The summed E-state index contributed by atoms with van der Waals surface area (Å²) in [5, 5.41) is 5.73. The molecule has 0 saturated heterocycles. The zero-order valence-electron chi connectivity index (χ0n) is 14.9. The Kier molecular flexibility index (Phi) is 5.01. The molecule has 0 atom stereocenters. The van der Waals surface area contributed by atoms with Gasteiger partial charge < -0.3 is 9.88 Å². The molecule has 2 aromatic heterocycles. The highest BCUT2D eigenvalue weighted by atomic mass is 35.5. The molecule has 0 aliphatic heterocycles. The van der Waals surface area contributed by atoms with Crippen molar-refractivity contribution in [2.75, 3.05) is 5.32 Å². The van der Waals surface area contributed by atoms with Crippen LogP contribution in [-0.4, -0.2) is 10.5 Å².